The van der Waals surface area contributed by atoms with E-state index in [4.69, 9.17) is 10.00 Å². The van der Waals surface area contributed by atoms with Crippen molar-refractivity contribution in [3.05, 3.63) is 59.8 Å². The van der Waals surface area contributed by atoms with E-state index < -0.39 is 0 Å². The first-order valence-electron chi connectivity index (χ1n) is 6.47. The average Bonchev–Trinajstić information content (AvgIpc) is 2.52. The van der Waals surface area contributed by atoms with Crippen LogP contribution in [0.1, 0.15) is 23.6 Å². The lowest BCUT2D eigenvalue weighted by molar-refractivity contribution is 0.396. The van der Waals surface area contributed by atoms with Gasteiger partial charge in [-0.1, -0.05) is 30.3 Å². The molecule has 1 unspecified atom stereocenters. The first kappa shape index (κ1) is 14.0. The van der Waals surface area contributed by atoms with Crippen LogP contribution in [0.5, 0.6) is 5.88 Å². The van der Waals surface area contributed by atoms with Gasteiger partial charge in [0, 0.05) is 24.8 Å². The topological polar surface area (TPSA) is 57.9 Å². The lowest BCUT2D eigenvalue weighted by atomic mass is 10.0. The van der Waals surface area contributed by atoms with E-state index in [9.17, 15) is 0 Å². The molecule has 0 amide bonds. The van der Waals surface area contributed by atoms with Crippen molar-refractivity contribution in [2.45, 2.75) is 19.0 Å². The molecule has 0 fully saturated rings. The molecule has 0 saturated carbocycles. The van der Waals surface area contributed by atoms with Crippen LogP contribution in [0.2, 0.25) is 0 Å². The lowest BCUT2D eigenvalue weighted by Gasteiger charge is -2.16. The summed E-state index contributed by atoms with van der Waals surface area (Å²) in [5.41, 5.74) is 2.20. The summed E-state index contributed by atoms with van der Waals surface area (Å²) < 4.78 is 5.10. The second kappa shape index (κ2) is 7.27. The molecule has 0 aliphatic heterocycles. The predicted molar refractivity (Wildman–Crippen MR) is 77.0 cm³/mol. The van der Waals surface area contributed by atoms with Crippen LogP contribution in [0.3, 0.4) is 0 Å². The second-order valence-corrected chi connectivity index (χ2v) is 4.41. The smallest absolute Gasteiger partial charge is 0.213 e. The summed E-state index contributed by atoms with van der Waals surface area (Å²) in [6.45, 7) is 0.667. The van der Waals surface area contributed by atoms with E-state index in [1.165, 1.54) is 0 Å². The summed E-state index contributed by atoms with van der Waals surface area (Å²) in [5, 5.41) is 12.4. The van der Waals surface area contributed by atoms with Crippen molar-refractivity contribution in [3.63, 3.8) is 0 Å². The standard InChI is InChI=1S/C16H17N3O/c1-20-16-11-13(8-10-18-16)12-19-15(7-9-17)14-5-3-2-4-6-14/h2-6,8,10-11,15,19H,7,12H2,1H3. The van der Waals surface area contributed by atoms with Gasteiger partial charge < -0.3 is 10.1 Å². The van der Waals surface area contributed by atoms with E-state index in [0.29, 0.717) is 18.8 Å². The molecule has 0 spiro atoms. The van der Waals surface area contributed by atoms with Crippen molar-refractivity contribution in [1.29, 1.82) is 5.26 Å². The van der Waals surface area contributed by atoms with E-state index in [2.05, 4.69) is 16.4 Å². The summed E-state index contributed by atoms with van der Waals surface area (Å²) >= 11 is 0. The molecule has 1 aromatic heterocycles. The largest absolute Gasteiger partial charge is 0.481 e. The van der Waals surface area contributed by atoms with Crippen LogP contribution in [0.25, 0.3) is 0 Å². The van der Waals surface area contributed by atoms with Gasteiger partial charge in [0.25, 0.3) is 0 Å². The summed E-state index contributed by atoms with van der Waals surface area (Å²) in [4.78, 5) is 4.08. The Bertz CT molecular complexity index is 578. The molecule has 4 heteroatoms. The molecule has 0 saturated heterocycles. The fraction of sp³-hybridized carbons (Fsp3) is 0.250. The van der Waals surface area contributed by atoms with Crippen LogP contribution < -0.4 is 10.1 Å². The molecule has 1 heterocycles. The van der Waals surface area contributed by atoms with Gasteiger partial charge in [0.15, 0.2) is 0 Å². The highest BCUT2D eigenvalue weighted by Gasteiger charge is 2.10. The molecule has 1 aromatic carbocycles. The molecule has 0 radical (unpaired) electrons. The van der Waals surface area contributed by atoms with Gasteiger partial charge in [-0.3, -0.25) is 0 Å². The van der Waals surface area contributed by atoms with Crippen LogP contribution in [0.15, 0.2) is 48.7 Å². The van der Waals surface area contributed by atoms with Crippen molar-refractivity contribution in [3.8, 4) is 11.9 Å². The van der Waals surface area contributed by atoms with Crippen molar-refractivity contribution in [1.82, 2.24) is 10.3 Å². The van der Waals surface area contributed by atoms with Crippen LogP contribution in [-0.2, 0) is 6.54 Å². The van der Waals surface area contributed by atoms with E-state index in [1.807, 2.05) is 42.5 Å². The summed E-state index contributed by atoms with van der Waals surface area (Å²) in [6.07, 6.45) is 2.16. The number of aromatic nitrogens is 1. The van der Waals surface area contributed by atoms with E-state index >= 15 is 0 Å². The minimum absolute atomic E-state index is 0.0281. The fourth-order valence-electron chi connectivity index (χ4n) is 2.00. The number of pyridine rings is 1. The Balaban J connectivity index is 2.04. The second-order valence-electron chi connectivity index (χ2n) is 4.41. The summed E-state index contributed by atoms with van der Waals surface area (Å²) in [7, 11) is 1.60. The third kappa shape index (κ3) is 3.81. The highest BCUT2D eigenvalue weighted by Crippen LogP contribution is 2.17. The zero-order valence-electron chi connectivity index (χ0n) is 11.4. The average molecular weight is 267 g/mol. The highest BCUT2D eigenvalue weighted by molar-refractivity contribution is 5.22. The predicted octanol–water partition coefficient (Wildman–Crippen LogP) is 2.83. The zero-order chi connectivity index (χ0) is 14.2. The maximum atomic E-state index is 8.96. The molecule has 20 heavy (non-hydrogen) atoms. The Morgan fingerprint density at radius 2 is 2.10 bits per heavy atom. The number of hydrogen-bond acceptors (Lipinski definition) is 4. The lowest BCUT2D eigenvalue weighted by Crippen LogP contribution is -2.20. The first-order chi connectivity index (χ1) is 9.83. The number of nitrogens with one attached hydrogen (secondary N) is 1. The van der Waals surface area contributed by atoms with Crippen molar-refractivity contribution in [2.24, 2.45) is 0 Å². The Kier molecular flexibility index (Phi) is 5.10. The molecule has 0 aliphatic carbocycles. The van der Waals surface area contributed by atoms with E-state index in [1.54, 1.807) is 13.3 Å². The zero-order valence-corrected chi connectivity index (χ0v) is 11.4. The quantitative estimate of drug-likeness (QED) is 0.874. The molecule has 0 bridgehead atoms. The number of methoxy groups -OCH3 is 1. The van der Waals surface area contributed by atoms with Gasteiger partial charge in [-0.25, -0.2) is 4.98 Å². The van der Waals surface area contributed by atoms with Gasteiger partial charge in [-0.2, -0.15) is 5.26 Å². The molecule has 102 valence electrons. The third-order valence-electron chi connectivity index (χ3n) is 3.06. The monoisotopic (exact) mass is 267 g/mol. The number of nitriles is 1. The Hall–Kier alpha value is -2.38. The minimum Gasteiger partial charge on any atom is -0.481 e. The number of hydrogen-bond donors (Lipinski definition) is 1. The molecular weight excluding hydrogens is 250 g/mol. The van der Waals surface area contributed by atoms with E-state index in [0.717, 1.165) is 11.1 Å². The molecular formula is C16H17N3O. The Morgan fingerprint density at radius 1 is 1.30 bits per heavy atom. The molecule has 4 nitrogen and oxygen atoms in total. The van der Waals surface area contributed by atoms with Crippen LogP contribution in [0, 0.1) is 11.3 Å². The van der Waals surface area contributed by atoms with Gasteiger partial charge in [-0.05, 0) is 17.2 Å². The van der Waals surface area contributed by atoms with Gasteiger partial charge in [0.2, 0.25) is 5.88 Å². The SMILES string of the molecule is COc1cc(CNC(CC#N)c2ccccc2)ccn1. The maximum absolute atomic E-state index is 8.96. The highest BCUT2D eigenvalue weighted by atomic mass is 16.5. The summed E-state index contributed by atoms with van der Waals surface area (Å²) in [6, 6.07) is 16.1. The fourth-order valence-corrected chi connectivity index (χ4v) is 2.00. The molecule has 2 aromatic rings. The van der Waals surface area contributed by atoms with Crippen molar-refractivity contribution < 1.29 is 4.74 Å². The molecule has 2 rings (SSSR count). The number of benzene rings is 1. The Morgan fingerprint density at radius 3 is 2.80 bits per heavy atom. The normalized spacial score (nSPS) is 11.6. The number of ether oxygens (including phenoxy) is 1. The minimum atomic E-state index is 0.0281. The third-order valence-corrected chi connectivity index (χ3v) is 3.06. The molecule has 1 N–H and O–H groups in total. The Labute approximate surface area is 119 Å². The first-order valence-corrected chi connectivity index (χ1v) is 6.47. The van der Waals surface area contributed by atoms with Gasteiger partial charge >= 0.3 is 0 Å². The van der Waals surface area contributed by atoms with Crippen molar-refractivity contribution >= 4 is 0 Å². The van der Waals surface area contributed by atoms with Gasteiger partial charge in [0.05, 0.1) is 19.6 Å². The number of nitrogens with zero attached hydrogens (tertiary/aromatic N) is 2. The van der Waals surface area contributed by atoms with E-state index in [-0.39, 0.29) is 6.04 Å². The molecule has 0 aliphatic rings. The molecule has 1 atom stereocenters. The van der Waals surface area contributed by atoms with Gasteiger partial charge in [0.1, 0.15) is 0 Å². The van der Waals surface area contributed by atoms with Crippen molar-refractivity contribution in [2.75, 3.05) is 7.11 Å². The van der Waals surface area contributed by atoms with Gasteiger partial charge in [-0.15, -0.1) is 0 Å². The maximum Gasteiger partial charge on any atom is 0.213 e. The van der Waals surface area contributed by atoms with Crippen LogP contribution in [-0.4, -0.2) is 12.1 Å². The van der Waals surface area contributed by atoms with Crippen LogP contribution >= 0.6 is 0 Å². The number of rotatable bonds is 6. The summed E-state index contributed by atoms with van der Waals surface area (Å²) in [5.74, 6) is 0.598. The van der Waals surface area contributed by atoms with Crippen LogP contribution in [0.4, 0.5) is 0 Å².